The second-order valence-electron chi connectivity index (χ2n) is 4.27. The van der Waals surface area contributed by atoms with E-state index in [1.165, 1.54) is 23.6 Å². The van der Waals surface area contributed by atoms with Gasteiger partial charge in [-0.05, 0) is 39.8 Å². The number of hydrogen-bond donors (Lipinski definition) is 1. The summed E-state index contributed by atoms with van der Waals surface area (Å²) in [7, 11) is 2.03. The lowest BCUT2D eigenvalue weighted by Crippen LogP contribution is -2.27. The second kappa shape index (κ2) is 3.73. The van der Waals surface area contributed by atoms with Crippen molar-refractivity contribution in [3.05, 3.63) is 17.2 Å². The zero-order valence-corrected chi connectivity index (χ0v) is 9.30. The molecule has 0 saturated carbocycles. The molecule has 3 heteroatoms. The molecule has 0 amide bonds. The van der Waals surface area contributed by atoms with Crippen molar-refractivity contribution < 1.29 is 0 Å². The van der Waals surface area contributed by atoms with E-state index in [2.05, 4.69) is 28.7 Å². The second-order valence-corrected chi connectivity index (χ2v) is 4.27. The first-order valence-corrected chi connectivity index (χ1v) is 5.39. The van der Waals surface area contributed by atoms with Gasteiger partial charge in [0.15, 0.2) is 0 Å². The number of aryl methyl sites for hydroxylation is 1. The minimum absolute atomic E-state index is 0.772. The number of nitrogens with zero attached hydrogens (tertiary/aromatic N) is 2. The Bertz CT molecular complexity index is 328. The molecule has 78 valence electrons. The molecule has 0 fully saturated rings. The highest BCUT2D eigenvalue weighted by Gasteiger charge is 2.21. The molecule has 1 aliphatic rings. The fraction of sp³-hybridized carbons (Fsp3) is 0.727. The van der Waals surface area contributed by atoms with E-state index in [4.69, 9.17) is 0 Å². The van der Waals surface area contributed by atoms with Crippen molar-refractivity contribution in [2.24, 2.45) is 5.92 Å². The molecule has 14 heavy (non-hydrogen) atoms. The molecule has 1 aliphatic heterocycles. The summed E-state index contributed by atoms with van der Waals surface area (Å²) in [5.41, 5.74) is 2.55. The molecule has 1 unspecified atom stereocenters. The highest BCUT2D eigenvalue weighted by Crippen LogP contribution is 2.22. The Morgan fingerprint density at radius 3 is 3.00 bits per heavy atom. The maximum atomic E-state index is 4.62. The van der Waals surface area contributed by atoms with Gasteiger partial charge in [-0.1, -0.05) is 0 Å². The van der Waals surface area contributed by atoms with Crippen molar-refractivity contribution in [1.29, 1.82) is 0 Å². The predicted octanol–water partition coefficient (Wildman–Crippen LogP) is 1.28. The summed E-state index contributed by atoms with van der Waals surface area (Å²) in [6.07, 6.45) is 2.42. The molecule has 1 aromatic rings. The lowest BCUT2D eigenvalue weighted by atomic mass is 9.98. The average molecular weight is 193 g/mol. The fourth-order valence-electron chi connectivity index (χ4n) is 2.31. The van der Waals surface area contributed by atoms with Crippen LogP contribution in [0.3, 0.4) is 0 Å². The molecule has 1 atom stereocenters. The predicted molar refractivity (Wildman–Crippen MR) is 57.4 cm³/mol. The topological polar surface area (TPSA) is 29.9 Å². The van der Waals surface area contributed by atoms with Gasteiger partial charge in [0.05, 0.1) is 5.69 Å². The van der Waals surface area contributed by atoms with E-state index < -0.39 is 0 Å². The molecule has 0 bridgehead atoms. The Hall–Kier alpha value is -0.830. The van der Waals surface area contributed by atoms with E-state index in [0.29, 0.717) is 0 Å². The largest absolute Gasteiger partial charge is 0.332 e. The van der Waals surface area contributed by atoms with Crippen LogP contribution >= 0.6 is 0 Å². The van der Waals surface area contributed by atoms with Crippen LogP contribution < -0.4 is 5.32 Å². The SMILES string of the molecule is CNCC1CCn2c(nc(C)c2C)C1. The van der Waals surface area contributed by atoms with E-state index in [1.807, 2.05) is 7.05 Å². The van der Waals surface area contributed by atoms with Crippen LogP contribution in [0.5, 0.6) is 0 Å². The van der Waals surface area contributed by atoms with E-state index in [1.54, 1.807) is 0 Å². The fourth-order valence-corrected chi connectivity index (χ4v) is 2.31. The maximum Gasteiger partial charge on any atom is 0.109 e. The van der Waals surface area contributed by atoms with Crippen LogP contribution in [-0.2, 0) is 13.0 Å². The molecule has 2 rings (SSSR count). The van der Waals surface area contributed by atoms with Crippen LogP contribution in [0.4, 0.5) is 0 Å². The molecule has 0 aromatic carbocycles. The molecule has 1 N–H and O–H groups in total. The smallest absolute Gasteiger partial charge is 0.109 e. The highest BCUT2D eigenvalue weighted by molar-refractivity contribution is 5.15. The zero-order chi connectivity index (χ0) is 10.1. The standard InChI is InChI=1S/C11H19N3/c1-8-9(2)14-5-4-10(7-12-3)6-11(14)13-8/h10,12H,4-7H2,1-3H3. The zero-order valence-electron chi connectivity index (χ0n) is 9.30. The van der Waals surface area contributed by atoms with Gasteiger partial charge >= 0.3 is 0 Å². The first-order valence-electron chi connectivity index (χ1n) is 5.39. The van der Waals surface area contributed by atoms with Gasteiger partial charge in [0, 0.05) is 18.7 Å². The van der Waals surface area contributed by atoms with Crippen LogP contribution in [0.15, 0.2) is 0 Å². The molecule has 0 radical (unpaired) electrons. The van der Waals surface area contributed by atoms with Crippen molar-refractivity contribution in [3.8, 4) is 0 Å². The molecule has 0 spiro atoms. The first-order chi connectivity index (χ1) is 6.72. The first kappa shape index (κ1) is 9.71. The normalized spacial score (nSPS) is 20.9. The van der Waals surface area contributed by atoms with Crippen molar-refractivity contribution >= 4 is 0 Å². The number of nitrogens with one attached hydrogen (secondary N) is 1. The monoisotopic (exact) mass is 193 g/mol. The Morgan fingerprint density at radius 1 is 1.50 bits per heavy atom. The molecule has 1 aromatic heterocycles. The third-order valence-electron chi connectivity index (χ3n) is 3.26. The van der Waals surface area contributed by atoms with Gasteiger partial charge in [-0.25, -0.2) is 4.98 Å². The summed E-state index contributed by atoms with van der Waals surface area (Å²) in [4.78, 5) is 4.62. The number of imidazole rings is 1. The average Bonchev–Trinajstić information content (AvgIpc) is 2.43. The number of hydrogen-bond acceptors (Lipinski definition) is 2. The van der Waals surface area contributed by atoms with Crippen LogP contribution in [0.25, 0.3) is 0 Å². The van der Waals surface area contributed by atoms with Gasteiger partial charge in [0.2, 0.25) is 0 Å². The van der Waals surface area contributed by atoms with E-state index in [0.717, 1.165) is 25.4 Å². The Balaban J connectivity index is 2.19. The lowest BCUT2D eigenvalue weighted by molar-refractivity contribution is 0.369. The third kappa shape index (κ3) is 1.57. The molecule has 0 saturated heterocycles. The Labute approximate surface area is 85.5 Å². The van der Waals surface area contributed by atoms with Crippen LogP contribution in [0.2, 0.25) is 0 Å². The summed E-state index contributed by atoms with van der Waals surface area (Å²) in [6.45, 7) is 6.54. The molecular weight excluding hydrogens is 174 g/mol. The van der Waals surface area contributed by atoms with Gasteiger partial charge in [0.1, 0.15) is 5.82 Å². The van der Waals surface area contributed by atoms with Crippen molar-refractivity contribution in [3.63, 3.8) is 0 Å². The molecular formula is C11H19N3. The van der Waals surface area contributed by atoms with Gasteiger partial charge in [-0.3, -0.25) is 0 Å². The molecule has 0 aliphatic carbocycles. The number of rotatable bonds is 2. The summed E-state index contributed by atoms with van der Waals surface area (Å²) in [6, 6.07) is 0. The number of fused-ring (bicyclic) bond motifs is 1. The minimum Gasteiger partial charge on any atom is -0.332 e. The third-order valence-corrected chi connectivity index (χ3v) is 3.26. The molecule has 3 nitrogen and oxygen atoms in total. The van der Waals surface area contributed by atoms with Gasteiger partial charge in [-0.2, -0.15) is 0 Å². The summed E-state index contributed by atoms with van der Waals surface area (Å²) >= 11 is 0. The van der Waals surface area contributed by atoms with E-state index >= 15 is 0 Å². The number of aromatic nitrogens is 2. The Morgan fingerprint density at radius 2 is 2.29 bits per heavy atom. The van der Waals surface area contributed by atoms with Crippen LogP contribution in [0, 0.1) is 19.8 Å². The Kier molecular flexibility index (Phi) is 2.59. The van der Waals surface area contributed by atoms with Gasteiger partial charge < -0.3 is 9.88 Å². The van der Waals surface area contributed by atoms with Crippen molar-refractivity contribution in [2.45, 2.75) is 33.2 Å². The van der Waals surface area contributed by atoms with Crippen LogP contribution in [0.1, 0.15) is 23.6 Å². The van der Waals surface area contributed by atoms with Crippen molar-refractivity contribution in [1.82, 2.24) is 14.9 Å². The van der Waals surface area contributed by atoms with Crippen LogP contribution in [-0.4, -0.2) is 23.1 Å². The van der Waals surface area contributed by atoms with Gasteiger partial charge in [0.25, 0.3) is 0 Å². The summed E-state index contributed by atoms with van der Waals surface area (Å²) in [5, 5.41) is 3.25. The van der Waals surface area contributed by atoms with E-state index in [-0.39, 0.29) is 0 Å². The summed E-state index contributed by atoms with van der Waals surface area (Å²) < 4.78 is 2.38. The quantitative estimate of drug-likeness (QED) is 0.767. The van der Waals surface area contributed by atoms with Crippen molar-refractivity contribution in [2.75, 3.05) is 13.6 Å². The minimum atomic E-state index is 0.772. The van der Waals surface area contributed by atoms with Gasteiger partial charge in [-0.15, -0.1) is 0 Å². The molecule has 2 heterocycles. The maximum absolute atomic E-state index is 4.62. The van der Waals surface area contributed by atoms with E-state index in [9.17, 15) is 0 Å². The lowest BCUT2D eigenvalue weighted by Gasteiger charge is -2.23. The highest BCUT2D eigenvalue weighted by atomic mass is 15.1. The summed E-state index contributed by atoms with van der Waals surface area (Å²) in [5.74, 6) is 2.06.